The molecule has 0 bridgehead atoms. The molecule has 0 heterocycles. The zero-order chi connectivity index (χ0) is 2.71. The molecule has 0 fully saturated rings. The van der Waals surface area contributed by atoms with E-state index in [1.165, 1.54) is 0 Å². The Morgan fingerprint density at radius 2 is 1.75 bits per heavy atom. The van der Waals surface area contributed by atoms with Gasteiger partial charge in [-0.05, 0) is 6.92 Å². The molecule has 0 saturated carbocycles. The summed E-state index contributed by atoms with van der Waals surface area (Å²) in [5, 5.41) is 7.57. The molecule has 0 aromatic carbocycles. The Labute approximate surface area is 40.3 Å². The largest absolute Gasteiger partial charge is 0.397 e. The molecule has 0 aromatic rings. The second-order valence-corrected chi connectivity index (χ2v) is 0.316. The summed E-state index contributed by atoms with van der Waals surface area (Å²) in [4.78, 5) is 0. The maximum absolute atomic E-state index is 7.57. The van der Waals surface area contributed by atoms with E-state index in [0.717, 1.165) is 0 Å². The van der Waals surface area contributed by atoms with E-state index in [4.69, 9.17) is 5.11 Å². The number of hydrogen-bond donors (Lipinski definition) is 1. The van der Waals surface area contributed by atoms with Gasteiger partial charge in [-0.25, -0.2) is 0 Å². The van der Waals surface area contributed by atoms with Crippen molar-refractivity contribution >= 4 is 0 Å². The second-order valence-electron chi connectivity index (χ2n) is 0.316. The van der Waals surface area contributed by atoms with Crippen molar-refractivity contribution in [3.63, 3.8) is 0 Å². The van der Waals surface area contributed by atoms with Gasteiger partial charge in [0.1, 0.15) is 0 Å². The standard InChI is InChI=1S/C2H6O.Pt/c1-2-3;/h3H,2H2,1H3;. The first kappa shape index (κ1) is 8.82. The van der Waals surface area contributed by atoms with Gasteiger partial charge < -0.3 is 5.11 Å². The summed E-state index contributed by atoms with van der Waals surface area (Å²) in [5.74, 6) is 0. The molecular weight excluding hydrogens is 235 g/mol. The zero-order valence-electron chi connectivity index (χ0n) is 2.47. The third kappa shape index (κ3) is 17.1. The predicted molar refractivity (Wildman–Crippen MR) is 12.8 cm³/mol. The predicted octanol–water partition coefficient (Wildman–Crippen LogP) is -0.00390. The van der Waals surface area contributed by atoms with Crippen LogP contribution in [0.1, 0.15) is 6.92 Å². The van der Waals surface area contributed by atoms with E-state index in [1.807, 2.05) is 0 Å². The molecule has 0 atom stereocenters. The molecule has 0 amide bonds. The van der Waals surface area contributed by atoms with E-state index in [9.17, 15) is 0 Å². The first-order valence-electron chi connectivity index (χ1n) is 1.02. The Balaban J connectivity index is 0. The maximum atomic E-state index is 7.57. The number of hydrogen-bond acceptors (Lipinski definition) is 1. The molecule has 0 rings (SSSR count). The first-order chi connectivity index (χ1) is 1.41. The van der Waals surface area contributed by atoms with Crippen LogP contribution in [0.2, 0.25) is 0 Å². The van der Waals surface area contributed by atoms with Crippen LogP contribution in [0.25, 0.3) is 0 Å². The molecule has 2 heteroatoms. The Bertz CT molecular complexity index is 6.00. The molecule has 0 spiro atoms. The summed E-state index contributed by atoms with van der Waals surface area (Å²) in [6.07, 6.45) is 0. The summed E-state index contributed by atoms with van der Waals surface area (Å²) in [7, 11) is 0. The van der Waals surface area contributed by atoms with Crippen molar-refractivity contribution in [3.05, 3.63) is 0 Å². The van der Waals surface area contributed by atoms with E-state index in [2.05, 4.69) is 0 Å². The van der Waals surface area contributed by atoms with Gasteiger partial charge in [0.15, 0.2) is 0 Å². The summed E-state index contributed by atoms with van der Waals surface area (Å²) >= 11 is 0. The second kappa shape index (κ2) is 9.42. The SMILES string of the molecule is CCO.[Pt]. The summed E-state index contributed by atoms with van der Waals surface area (Å²) in [6, 6.07) is 0. The summed E-state index contributed by atoms with van der Waals surface area (Å²) < 4.78 is 0. The molecule has 0 saturated heterocycles. The van der Waals surface area contributed by atoms with Gasteiger partial charge in [0.2, 0.25) is 0 Å². The van der Waals surface area contributed by atoms with E-state index in [-0.39, 0.29) is 27.7 Å². The molecule has 0 unspecified atom stereocenters. The van der Waals surface area contributed by atoms with Crippen molar-refractivity contribution in [1.29, 1.82) is 0 Å². The van der Waals surface area contributed by atoms with E-state index in [0.29, 0.717) is 0 Å². The van der Waals surface area contributed by atoms with Crippen molar-refractivity contribution in [3.8, 4) is 0 Å². The van der Waals surface area contributed by atoms with Gasteiger partial charge >= 0.3 is 0 Å². The van der Waals surface area contributed by atoms with Crippen LogP contribution in [-0.2, 0) is 21.1 Å². The molecule has 1 nitrogen and oxygen atoms in total. The van der Waals surface area contributed by atoms with Gasteiger partial charge in [-0.15, -0.1) is 0 Å². The average Bonchev–Trinajstić information content (AvgIpc) is 0.918. The maximum Gasteiger partial charge on any atom is 0.0402 e. The van der Waals surface area contributed by atoms with Gasteiger partial charge in [0.05, 0.1) is 0 Å². The van der Waals surface area contributed by atoms with E-state index in [1.54, 1.807) is 6.92 Å². The fraction of sp³-hybridized carbons (Fsp3) is 1.00. The summed E-state index contributed by atoms with van der Waals surface area (Å²) in [5.41, 5.74) is 0. The number of rotatable bonds is 0. The molecule has 30 valence electrons. The Kier molecular flexibility index (Phi) is 20.8. The molecule has 0 radical (unpaired) electrons. The number of aliphatic hydroxyl groups excluding tert-OH is 1. The fourth-order valence-corrected chi connectivity index (χ4v) is 0. The van der Waals surface area contributed by atoms with Crippen LogP contribution in [-0.4, -0.2) is 11.7 Å². The normalized spacial score (nSPS) is 4.50. The van der Waals surface area contributed by atoms with Crippen LogP contribution in [0.4, 0.5) is 0 Å². The first-order valence-corrected chi connectivity index (χ1v) is 1.02. The van der Waals surface area contributed by atoms with Crippen molar-refractivity contribution in [2.45, 2.75) is 6.92 Å². The quantitative estimate of drug-likeness (QED) is 0.632. The van der Waals surface area contributed by atoms with Gasteiger partial charge in [0.25, 0.3) is 0 Å². The topological polar surface area (TPSA) is 20.2 Å². The zero-order valence-corrected chi connectivity index (χ0v) is 4.74. The van der Waals surface area contributed by atoms with Crippen LogP contribution < -0.4 is 0 Å². The van der Waals surface area contributed by atoms with Crippen LogP contribution in [0.15, 0.2) is 0 Å². The molecule has 0 aromatic heterocycles. The average molecular weight is 241 g/mol. The van der Waals surface area contributed by atoms with Gasteiger partial charge in [-0.1, -0.05) is 0 Å². The minimum absolute atomic E-state index is 0. The number of aliphatic hydroxyl groups is 1. The van der Waals surface area contributed by atoms with Gasteiger partial charge in [-0.3, -0.25) is 0 Å². The Morgan fingerprint density at radius 3 is 1.75 bits per heavy atom. The van der Waals surface area contributed by atoms with Crippen molar-refractivity contribution in [1.82, 2.24) is 0 Å². The van der Waals surface area contributed by atoms with Crippen molar-refractivity contribution < 1.29 is 26.2 Å². The molecule has 1 N–H and O–H groups in total. The minimum Gasteiger partial charge on any atom is -0.397 e. The minimum atomic E-state index is 0. The molecule has 0 aliphatic carbocycles. The van der Waals surface area contributed by atoms with Gasteiger partial charge in [-0.2, -0.15) is 0 Å². The third-order valence-electron chi connectivity index (χ3n) is 0. The van der Waals surface area contributed by atoms with Crippen LogP contribution in [0, 0.1) is 0 Å². The van der Waals surface area contributed by atoms with Gasteiger partial charge in [0, 0.05) is 27.7 Å². The third-order valence-corrected chi connectivity index (χ3v) is 0. The Hall–Kier alpha value is 0.648. The molecule has 0 aliphatic rings. The smallest absolute Gasteiger partial charge is 0.0402 e. The van der Waals surface area contributed by atoms with Crippen molar-refractivity contribution in [2.75, 3.05) is 6.61 Å². The Morgan fingerprint density at radius 1 is 1.75 bits per heavy atom. The monoisotopic (exact) mass is 241 g/mol. The van der Waals surface area contributed by atoms with Crippen molar-refractivity contribution in [2.24, 2.45) is 0 Å². The summed E-state index contributed by atoms with van der Waals surface area (Å²) in [6.45, 7) is 1.93. The fourth-order valence-electron chi connectivity index (χ4n) is 0. The van der Waals surface area contributed by atoms with E-state index >= 15 is 0 Å². The molecular formula is C2H6OPt. The molecule has 0 aliphatic heterocycles. The molecule has 4 heavy (non-hydrogen) atoms. The van der Waals surface area contributed by atoms with Crippen LogP contribution >= 0.6 is 0 Å². The van der Waals surface area contributed by atoms with Crippen LogP contribution in [0.5, 0.6) is 0 Å². The van der Waals surface area contributed by atoms with E-state index < -0.39 is 0 Å². The van der Waals surface area contributed by atoms with Crippen LogP contribution in [0.3, 0.4) is 0 Å².